The zero-order valence-electron chi connectivity index (χ0n) is 19.2. The van der Waals surface area contributed by atoms with Crippen LogP contribution in [0.1, 0.15) is 58.7 Å². The number of thioether (sulfide) groups is 1. The second-order valence-corrected chi connectivity index (χ2v) is 10.6. The maximum atomic E-state index is 9.13. The minimum Gasteiger partial charge on any atom is -0.396 e. The summed E-state index contributed by atoms with van der Waals surface area (Å²) >= 11 is 7.88. The van der Waals surface area contributed by atoms with Crippen molar-refractivity contribution in [3.8, 4) is 5.69 Å². The van der Waals surface area contributed by atoms with Crippen LogP contribution in [0.15, 0.2) is 40.6 Å². The summed E-state index contributed by atoms with van der Waals surface area (Å²) in [5.74, 6) is 1.71. The van der Waals surface area contributed by atoms with Gasteiger partial charge in [0.1, 0.15) is 0 Å². The van der Waals surface area contributed by atoms with Crippen LogP contribution in [0.4, 0.5) is 0 Å². The standard InChI is InChI=1S/C24H35ClN4OS/c1-18-8-6-12-24(2,3)21(18)11-13-28(4)17-22-26-27-23(31-15-7-14-30)29(22)20-10-5-9-19(25)16-20/h5,9-10,16,30H,6-8,11-15,17H2,1-4H3. The van der Waals surface area contributed by atoms with E-state index >= 15 is 0 Å². The van der Waals surface area contributed by atoms with E-state index in [1.165, 1.54) is 19.3 Å². The zero-order valence-corrected chi connectivity index (χ0v) is 20.8. The van der Waals surface area contributed by atoms with Gasteiger partial charge in [-0.3, -0.25) is 9.47 Å². The number of aliphatic hydroxyl groups excluding tert-OH is 1. The van der Waals surface area contributed by atoms with Crippen LogP contribution in [0, 0.1) is 5.41 Å². The number of hydrogen-bond acceptors (Lipinski definition) is 5. The van der Waals surface area contributed by atoms with Crippen molar-refractivity contribution in [1.82, 2.24) is 19.7 Å². The third-order valence-corrected chi connectivity index (χ3v) is 7.39. The summed E-state index contributed by atoms with van der Waals surface area (Å²) in [4.78, 5) is 2.33. The topological polar surface area (TPSA) is 54.2 Å². The fourth-order valence-corrected chi connectivity index (χ4v) is 5.53. The van der Waals surface area contributed by atoms with Crippen LogP contribution in [-0.2, 0) is 6.54 Å². The van der Waals surface area contributed by atoms with E-state index < -0.39 is 0 Å². The number of nitrogens with zero attached hydrogens (tertiary/aromatic N) is 4. The monoisotopic (exact) mass is 462 g/mol. The molecule has 0 spiro atoms. The number of hydrogen-bond donors (Lipinski definition) is 1. The van der Waals surface area contributed by atoms with E-state index in [0.717, 1.165) is 41.8 Å². The molecule has 170 valence electrons. The molecule has 0 fully saturated rings. The number of aromatic nitrogens is 3. The average Bonchev–Trinajstić information content (AvgIpc) is 3.09. The number of rotatable bonds is 10. The molecule has 31 heavy (non-hydrogen) atoms. The molecular formula is C24H35ClN4OS. The zero-order chi connectivity index (χ0) is 22.4. The molecule has 0 saturated carbocycles. The first kappa shape index (κ1) is 24.3. The molecule has 1 aliphatic carbocycles. The lowest BCUT2D eigenvalue weighted by molar-refractivity contribution is 0.293. The van der Waals surface area contributed by atoms with Crippen molar-refractivity contribution in [3.63, 3.8) is 0 Å². The third-order valence-electron chi connectivity index (χ3n) is 6.14. The molecule has 2 aromatic rings. The second-order valence-electron chi connectivity index (χ2n) is 9.12. The van der Waals surface area contributed by atoms with Gasteiger partial charge in [-0.2, -0.15) is 0 Å². The van der Waals surface area contributed by atoms with Crippen LogP contribution < -0.4 is 0 Å². The highest BCUT2D eigenvalue weighted by atomic mass is 35.5. The van der Waals surface area contributed by atoms with Gasteiger partial charge in [0.15, 0.2) is 11.0 Å². The van der Waals surface area contributed by atoms with Crippen molar-refractivity contribution in [2.75, 3.05) is 26.0 Å². The van der Waals surface area contributed by atoms with E-state index in [9.17, 15) is 0 Å². The molecule has 0 atom stereocenters. The van der Waals surface area contributed by atoms with Crippen molar-refractivity contribution in [3.05, 3.63) is 46.3 Å². The number of aliphatic hydroxyl groups is 1. The van der Waals surface area contributed by atoms with E-state index in [2.05, 4.69) is 47.5 Å². The van der Waals surface area contributed by atoms with Gasteiger partial charge in [-0.05, 0) is 69.7 Å². The molecular weight excluding hydrogens is 428 g/mol. The molecule has 5 nitrogen and oxygen atoms in total. The van der Waals surface area contributed by atoms with Gasteiger partial charge < -0.3 is 5.11 Å². The molecule has 3 rings (SSSR count). The molecule has 1 N–H and O–H groups in total. The quantitative estimate of drug-likeness (QED) is 0.277. The Morgan fingerprint density at radius 3 is 2.81 bits per heavy atom. The Bertz CT molecular complexity index is 909. The maximum absolute atomic E-state index is 9.13. The highest BCUT2D eigenvalue weighted by molar-refractivity contribution is 7.99. The van der Waals surface area contributed by atoms with Crippen molar-refractivity contribution < 1.29 is 5.11 Å². The van der Waals surface area contributed by atoms with Crippen LogP contribution in [0.25, 0.3) is 5.69 Å². The first-order chi connectivity index (χ1) is 14.8. The van der Waals surface area contributed by atoms with E-state index in [1.54, 1.807) is 22.9 Å². The van der Waals surface area contributed by atoms with Gasteiger partial charge in [-0.1, -0.05) is 54.4 Å². The Morgan fingerprint density at radius 1 is 1.29 bits per heavy atom. The first-order valence-electron chi connectivity index (χ1n) is 11.1. The molecule has 0 bridgehead atoms. The van der Waals surface area contributed by atoms with E-state index in [4.69, 9.17) is 16.7 Å². The fraction of sp³-hybridized carbons (Fsp3) is 0.583. The molecule has 1 heterocycles. The van der Waals surface area contributed by atoms with Crippen LogP contribution in [0.2, 0.25) is 5.02 Å². The highest BCUT2D eigenvalue weighted by Gasteiger charge is 2.28. The van der Waals surface area contributed by atoms with Gasteiger partial charge >= 0.3 is 0 Å². The first-order valence-corrected chi connectivity index (χ1v) is 12.5. The molecule has 1 aromatic heterocycles. The minimum atomic E-state index is 0.180. The third kappa shape index (κ3) is 6.35. The number of benzene rings is 1. The SMILES string of the molecule is CC1=C(CCN(C)Cc2nnc(SCCCO)n2-c2cccc(Cl)c2)C(C)(C)CCC1. The lowest BCUT2D eigenvalue weighted by atomic mass is 9.71. The molecule has 0 amide bonds. The van der Waals surface area contributed by atoms with Gasteiger partial charge in [0.05, 0.1) is 12.2 Å². The van der Waals surface area contributed by atoms with Gasteiger partial charge in [0.25, 0.3) is 0 Å². The Kier molecular flexibility index (Phi) is 8.62. The molecule has 0 saturated heterocycles. The summed E-state index contributed by atoms with van der Waals surface area (Å²) < 4.78 is 2.10. The number of halogens is 1. The van der Waals surface area contributed by atoms with Crippen molar-refractivity contribution in [2.24, 2.45) is 5.41 Å². The summed E-state index contributed by atoms with van der Waals surface area (Å²) in [5.41, 5.74) is 4.48. The Balaban J connectivity index is 1.76. The fourth-order valence-electron chi connectivity index (χ4n) is 4.45. The number of allylic oxidation sites excluding steroid dienone is 1. The van der Waals surface area contributed by atoms with E-state index in [0.29, 0.717) is 17.0 Å². The second kappa shape index (κ2) is 11.0. The maximum Gasteiger partial charge on any atom is 0.195 e. The summed E-state index contributed by atoms with van der Waals surface area (Å²) in [6.45, 7) is 8.97. The normalized spacial score (nSPS) is 16.4. The summed E-state index contributed by atoms with van der Waals surface area (Å²) in [6, 6.07) is 7.81. The minimum absolute atomic E-state index is 0.180. The molecule has 1 aromatic carbocycles. The molecule has 1 aliphatic rings. The Morgan fingerprint density at radius 2 is 2.10 bits per heavy atom. The van der Waals surface area contributed by atoms with Crippen LogP contribution >= 0.6 is 23.4 Å². The molecule has 0 unspecified atom stereocenters. The predicted octanol–water partition coefficient (Wildman–Crippen LogP) is 5.74. The van der Waals surface area contributed by atoms with Gasteiger partial charge in [-0.15, -0.1) is 10.2 Å². The van der Waals surface area contributed by atoms with Gasteiger partial charge in [0, 0.05) is 23.9 Å². The lowest BCUT2D eigenvalue weighted by Crippen LogP contribution is -2.26. The van der Waals surface area contributed by atoms with Crippen molar-refractivity contribution in [1.29, 1.82) is 0 Å². The van der Waals surface area contributed by atoms with E-state index in [1.807, 2.05) is 24.3 Å². The van der Waals surface area contributed by atoms with Crippen LogP contribution in [0.5, 0.6) is 0 Å². The van der Waals surface area contributed by atoms with Gasteiger partial charge in [0.2, 0.25) is 0 Å². The van der Waals surface area contributed by atoms with Crippen molar-refractivity contribution >= 4 is 23.4 Å². The summed E-state index contributed by atoms with van der Waals surface area (Å²) in [7, 11) is 2.15. The average molecular weight is 463 g/mol. The molecule has 0 aliphatic heterocycles. The van der Waals surface area contributed by atoms with Crippen LogP contribution in [-0.4, -0.2) is 50.7 Å². The smallest absolute Gasteiger partial charge is 0.195 e. The van der Waals surface area contributed by atoms with Crippen LogP contribution in [0.3, 0.4) is 0 Å². The summed E-state index contributed by atoms with van der Waals surface area (Å²) in [5, 5.41) is 19.6. The Hall–Kier alpha value is -1.34. The van der Waals surface area contributed by atoms with Crippen molar-refractivity contribution in [2.45, 2.75) is 64.6 Å². The summed E-state index contributed by atoms with van der Waals surface area (Å²) in [6.07, 6.45) is 5.64. The highest BCUT2D eigenvalue weighted by Crippen LogP contribution is 2.41. The predicted molar refractivity (Wildman–Crippen MR) is 130 cm³/mol. The van der Waals surface area contributed by atoms with Gasteiger partial charge in [-0.25, -0.2) is 0 Å². The molecule has 7 heteroatoms. The largest absolute Gasteiger partial charge is 0.396 e. The molecule has 0 radical (unpaired) electrons. The Labute approximate surface area is 195 Å². The van der Waals surface area contributed by atoms with E-state index in [-0.39, 0.29) is 6.61 Å². The lowest BCUT2D eigenvalue weighted by Gasteiger charge is -2.35.